The van der Waals surface area contributed by atoms with E-state index in [0.29, 0.717) is 41.1 Å². The van der Waals surface area contributed by atoms with Crippen LogP contribution in [0.5, 0.6) is 17.2 Å². The number of nitrogens with zero attached hydrogens (tertiary/aromatic N) is 2. The smallest absolute Gasteiger partial charge is 0.251 e. The molecule has 0 aliphatic carbocycles. The lowest BCUT2D eigenvalue weighted by molar-refractivity contribution is 0.0951. The van der Waals surface area contributed by atoms with Crippen molar-refractivity contribution in [3.63, 3.8) is 0 Å². The maximum Gasteiger partial charge on any atom is 0.251 e. The van der Waals surface area contributed by atoms with Crippen LogP contribution in [0.3, 0.4) is 0 Å². The molecule has 3 aromatic carbocycles. The van der Waals surface area contributed by atoms with Crippen LogP contribution in [0.2, 0.25) is 0 Å². The molecule has 34 heavy (non-hydrogen) atoms. The van der Waals surface area contributed by atoms with Crippen molar-refractivity contribution in [2.24, 2.45) is 0 Å². The molecule has 1 amide bonds. The van der Waals surface area contributed by atoms with E-state index < -0.39 is 0 Å². The summed E-state index contributed by atoms with van der Waals surface area (Å²) in [6.07, 6.45) is 0. The second kappa shape index (κ2) is 10.1. The van der Waals surface area contributed by atoms with Gasteiger partial charge in [0.05, 0.1) is 21.3 Å². The molecule has 0 unspecified atom stereocenters. The van der Waals surface area contributed by atoms with Crippen molar-refractivity contribution in [3.8, 4) is 40.2 Å². The van der Waals surface area contributed by atoms with Gasteiger partial charge in [0.1, 0.15) is 0 Å². The van der Waals surface area contributed by atoms with E-state index in [0.717, 1.165) is 22.3 Å². The Morgan fingerprint density at radius 1 is 0.853 bits per heavy atom. The van der Waals surface area contributed by atoms with Crippen molar-refractivity contribution in [3.05, 3.63) is 77.4 Å². The third-order valence-electron chi connectivity index (χ3n) is 5.26. The highest BCUT2D eigenvalue weighted by Crippen LogP contribution is 2.38. The van der Waals surface area contributed by atoms with Gasteiger partial charge in [-0.3, -0.25) is 4.79 Å². The summed E-state index contributed by atoms with van der Waals surface area (Å²) in [6, 6.07) is 18.4. The average Bonchev–Trinajstić information content (AvgIpc) is 3.37. The second-order valence-corrected chi connectivity index (χ2v) is 7.58. The van der Waals surface area contributed by atoms with Gasteiger partial charge in [-0.25, -0.2) is 0 Å². The molecule has 1 N–H and O–H groups in total. The molecule has 1 aromatic heterocycles. The van der Waals surface area contributed by atoms with Crippen LogP contribution in [0.25, 0.3) is 22.9 Å². The monoisotopic (exact) mass is 459 g/mol. The normalized spacial score (nSPS) is 10.6. The van der Waals surface area contributed by atoms with E-state index >= 15 is 0 Å². The lowest BCUT2D eigenvalue weighted by Crippen LogP contribution is -2.22. The number of ether oxygens (including phenoxy) is 3. The summed E-state index contributed by atoms with van der Waals surface area (Å²) in [5.74, 6) is 2.18. The minimum Gasteiger partial charge on any atom is -0.493 e. The van der Waals surface area contributed by atoms with Gasteiger partial charge in [-0.15, -0.1) is 10.2 Å². The molecular formula is C26H25N3O5. The Bertz CT molecular complexity index is 1270. The van der Waals surface area contributed by atoms with Gasteiger partial charge in [0, 0.05) is 23.2 Å². The second-order valence-electron chi connectivity index (χ2n) is 7.58. The predicted octanol–water partition coefficient (Wildman–Crippen LogP) is 4.67. The third kappa shape index (κ3) is 4.85. The van der Waals surface area contributed by atoms with E-state index in [4.69, 9.17) is 18.6 Å². The SMILES string of the molecule is COc1cc(CNC(=O)c2ccc(-c3nnc(-c4cccc(C)c4)o3)cc2)cc(OC)c1OC. The number of carbonyl (C=O) groups excluding carboxylic acids is 1. The maximum atomic E-state index is 12.7. The largest absolute Gasteiger partial charge is 0.493 e. The lowest BCUT2D eigenvalue weighted by Gasteiger charge is -2.14. The summed E-state index contributed by atoms with van der Waals surface area (Å²) in [7, 11) is 4.64. The van der Waals surface area contributed by atoms with Crippen molar-refractivity contribution in [1.29, 1.82) is 0 Å². The van der Waals surface area contributed by atoms with Crippen molar-refractivity contribution in [1.82, 2.24) is 15.5 Å². The molecule has 1 heterocycles. The Balaban J connectivity index is 1.44. The number of hydrogen-bond acceptors (Lipinski definition) is 7. The lowest BCUT2D eigenvalue weighted by atomic mass is 10.1. The van der Waals surface area contributed by atoms with Crippen LogP contribution in [0, 0.1) is 6.92 Å². The molecule has 0 aliphatic heterocycles. The van der Waals surface area contributed by atoms with Gasteiger partial charge in [0.2, 0.25) is 17.5 Å². The number of rotatable bonds is 8. The van der Waals surface area contributed by atoms with Gasteiger partial charge in [0.25, 0.3) is 5.91 Å². The van der Waals surface area contributed by atoms with Crippen LogP contribution in [0.1, 0.15) is 21.5 Å². The first kappa shape index (κ1) is 22.8. The van der Waals surface area contributed by atoms with E-state index in [1.54, 1.807) is 57.7 Å². The molecule has 8 nitrogen and oxygen atoms in total. The number of hydrogen-bond donors (Lipinski definition) is 1. The summed E-state index contributed by atoms with van der Waals surface area (Å²) in [6.45, 7) is 2.30. The third-order valence-corrected chi connectivity index (χ3v) is 5.26. The maximum absolute atomic E-state index is 12.7. The number of amides is 1. The van der Waals surface area contributed by atoms with Crippen molar-refractivity contribution in [2.45, 2.75) is 13.5 Å². The van der Waals surface area contributed by atoms with E-state index in [2.05, 4.69) is 15.5 Å². The zero-order valence-corrected chi connectivity index (χ0v) is 19.4. The van der Waals surface area contributed by atoms with Gasteiger partial charge >= 0.3 is 0 Å². The Hall–Kier alpha value is -4.33. The number of nitrogens with one attached hydrogen (secondary N) is 1. The molecule has 0 bridgehead atoms. The molecule has 4 rings (SSSR count). The molecule has 0 spiro atoms. The Kier molecular flexibility index (Phi) is 6.77. The first-order valence-electron chi connectivity index (χ1n) is 10.6. The van der Waals surface area contributed by atoms with Crippen LogP contribution in [-0.2, 0) is 6.54 Å². The molecule has 0 aliphatic rings. The van der Waals surface area contributed by atoms with Gasteiger partial charge in [0.15, 0.2) is 11.5 Å². The molecule has 174 valence electrons. The van der Waals surface area contributed by atoms with Crippen molar-refractivity contribution < 1.29 is 23.4 Å². The van der Waals surface area contributed by atoms with Crippen molar-refractivity contribution >= 4 is 5.91 Å². The Labute approximate surface area is 197 Å². The summed E-state index contributed by atoms with van der Waals surface area (Å²) in [5, 5.41) is 11.2. The fourth-order valence-electron chi connectivity index (χ4n) is 3.52. The van der Waals surface area contributed by atoms with Gasteiger partial charge in [-0.2, -0.15) is 0 Å². The quantitative estimate of drug-likeness (QED) is 0.409. The minimum atomic E-state index is -0.216. The molecule has 4 aromatic rings. The highest BCUT2D eigenvalue weighted by atomic mass is 16.5. The highest BCUT2D eigenvalue weighted by Gasteiger charge is 2.15. The fourth-order valence-corrected chi connectivity index (χ4v) is 3.52. The van der Waals surface area contributed by atoms with E-state index in [1.165, 1.54) is 0 Å². The number of aryl methyl sites for hydroxylation is 1. The topological polar surface area (TPSA) is 95.7 Å². The number of carbonyl (C=O) groups is 1. The van der Waals surface area contributed by atoms with Crippen LogP contribution < -0.4 is 19.5 Å². The summed E-state index contributed by atoms with van der Waals surface area (Å²) < 4.78 is 21.9. The molecular weight excluding hydrogens is 434 g/mol. The molecule has 0 saturated carbocycles. The minimum absolute atomic E-state index is 0.216. The van der Waals surface area contributed by atoms with Crippen LogP contribution in [0.4, 0.5) is 0 Å². The summed E-state index contributed by atoms with van der Waals surface area (Å²) >= 11 is 0. The molecule has 8 heteroatoms. The van der Waals surface area contributed by atoms with Gasteiger partial charge in [-0.05, 0) is 61.0 Å². The van der Waals surface area contributed by atoms with E-state index in [-0.39, 0.29) is 5.91 Å². The van der Waals surface area contributed by atoms with E-state index in [9.17, 15) is 4.79 Å². The molecule has 0 radical (unpaired) electrons. The Morgan fingerprint density at radius 2 is 1.50 bits per heavy atom. The summed E-state index contributed by atoms with van der Waals surface area (Å²) in [5.41, 5.74) is 4.02. The molecule has 0 fully saturated rings. The number of aromatic nitrogens is 2. The average molecular weight is 460 g/mol. The molecule has 0 saturated heterocycles. The van der Waals surface area contributed by atoms with Crippen LogP contribution in [-0.4, -0.2) is 37.4 Å². The van der Waals surface area contributed by atoms with Gasteiger partial charge in [-0.1, -0.05) is 17.7 Å². The van der Waals surface area contributed by atoms with Crippen molar-refractivity contribution in [2.75, 3.05) is 21.3 Å². The predicted molar refractivity (Wildman–Crippen MR) is 127 cm³/mol. The number of benzene rings is 3. The standard InChI is InChI=1S/C26H25N3O5/c1-16-6-5-7-20(12-16)26-29-28-25(34-26)19-10-8-18(9-11-19)24(30)27-15-17-13-21(31-2)23(33-4)22(14-17)32-3/h5-14H,15H2,1-4H3,(H,27,30). The zero-order valence-electron chi connectivity index (χ0n) is 19.4. The summed E-state index contributed by atoms with van der Waals surface area (Å²) in [4.78, 5) is 12.7. The van der Waals surface area contributed by atoms with Crippen LogP contribution >= 0.6 is 0 Å². The van der Waals surface area contributed by atoms with Crippen LogP contribution in [0.15, 0.2) is 65.1 Å². The highest BCUT2D eigenvalue weighted by molar-refractivity contribution is 5.94. The van der Waals surface area contributed by atoms with Gasteiger partial charge < -0.3 is 23.9 Å². The number of methoxy groups -OCH3 is 3. The van der Waals surface area contributed by atoms with E-state index in [1.807, 2.05) is 31.2 Å². The first-order chi connectivity index (χ1) is 16.5. The zero-order chi connectivity index (χ0) is 24.1. The fraction of sp³-hybridized carbons (Fsp3) is 0.192. The Morgan fingerprint density at radius 3 is 2.09 bits per heavy atom. The first-order valence-corrected chi connectivity index (χ1v) is 10.6. The molecule has 0 atom stereocenters.